The van der Waals surface area contributed by atoms with Gasteiger partial charge < -0.3 is 11.1 Å². The van der Waals surface area contributed by atoms with Crippen molar-refractivity contribution in [2.75, 3.05) is 11.1 Å². The van der Waals surface area contributed by atoms with E-state index < -0.39 is 5.91 Å². The predicted octanol–water partition coefficient (Wildman–Crippen LogP) is 2.55. The van der Waals surface area contributed by atoms with Crippen molar-refractivity contribution in [2.24, 2.45) is 0 Å². The number of amides is 1. The quantitative estimate of drug-likeness (QED) is 0.784. The number of anilines is 2. The highest BCUT2D eigenvalue weighted by atomic mass is 35.5. The Morgan fingerprint density at radius 2 is 2.00 bits per heavy atom. The summed E-state index contributed by atoms with van der Waals surface area (Å²) in [5, 5.41) is 9.44. The van der Waals surface area contributed by atoms with Crippen molar-refractivity contribution in [1.29, 1.82) is 0 Å². The highest BCUT2D eigenvalue weighted by molar-refractivity contribution is 6.39. The standard InChI is InChI=1S/C10H8Cl2N4O/c11-5-2-1-3-6(12)9(5)14-10(17)7-4-8(13)16-15-7/h1-4H,(H,14,17)(H3,13,15,16). The Labute approximate surface area is 107 Å². The van der Waals surface area contributed by atoms with Gasteiger partial charge >= 0.3 is 0 Å². The molecule has 0 bridgehead atoms. The molecule has 88 valence electrons. The second-order valence-corrected chi connectivity index (χ2v) is 4.07. The molecule has 4 N–H and O–H groups in total. The number of para-hydroxylation sites is 1. The van der Waals surface area contributed by atoms with Gasteiger partial charge in [-0.25, -0.2) is 0 Å². The van der Waals surface area contributed by atoms with Crippen LogP contribution in [0.3, 0.4) is 0 Å². The summed E-state index contributed by atoms with van der Waals surface area (Å²) >= 11 is 11.8. The summed E-state index contributed by atoms with van der Waals surface area (Å²) in [5.41, 5.74) is 5.99. The number of aromatic nitrogens is 2. The van der Waals surface area contributed by atoms with E-state index in [4.69, 9.17) is 28.9 Å². The fraction of sp³-hybridized carbons (Fsp3) is 0. The van der Waals surface area contributed by atoms with Crippen LogP contribution in [-0.4, -0.2) is 16.1 Å². The molecule has 1 amide bonds. The third-order valence-corrected chi connectivity index (χ3v) is 2.67. The molecule has 1 aromatic carbocycles. The molecule has 1 aromatic heterocycles. The van der Waals surface area contributed by atoms with Crippen LogP contribution in [0, 0.1) is 0 Å². The first-order chi connectivity index (χ1) is 8.08. The van der Waals surface area contributed by atoms with Crippen LogP contribution in [0.4, 0.5) is 11.5 Å². The smallest absolute Gasteiger partial charge is 0.273 e. The topological polar surface area (TPSA) is 83.8 Å². The van der Waals surface area contributed by atoms with Gasteiger partial charge in [-0.2, -0.15) is 5.10 Å². The number of nitrogens with one attached hydrogen (secondary N) is 2. The van der Waals surface area contributed by atoms with E-state index in [-0.39, 0.29) is 11.5 Å². The van der Waals surface area contributed by atoms with E-state index in [2.05, 4.69) is 15.5 Å². The first-order valence-corrected chi connectivity index (χ1v) is 5.40. The maximum Gasteiger partial charge on any atom is 0.273 e. The first-order valence-electron chi connectivity index (χ1n) is 4.64. The van der Waals surface area contributed by atoms with Crippen molar-refractivity contribution >= 4 is 40.6 Å². The van der Waals surface area contributed by atoms with E-state index in [1.54, 1.807) is 18.2 Å². The van der Waals surface area contributed by atoms with Crippen molar-refractivity contribution in [3.05, 3.63) is 40.0 Å². The van der Waals surface area contributed by atoms with Gasteiger partial charge in [-0.3, -0.25) is 9.89 Å². The van der Waals surface area contributed by atoms with Gasteiger partial charge in [-0.15, -0.1) is 0 Å². The van der Waals surface area contributed by atoms with Gasteiger partial charge in [0.25, 0.3) is 5.91 Å². The zero-order valence-corrected chi connectivity index (χ0v) is 10.0. The number of benzene rings is 1. The lowest BCUT2D eigenvalue weighted by atomic mass is 10.3. The summed E-state index contributed by atoms with van der Waals surface area (Å²) in [6, 6.07) is 6.36. The van der Waals surface area contributed by atoms with Gasteiger partial charge in [0.05, 0.1) is 15.7 Å². The highest BCUT2D eigenvalue weighted by Gasteiger charge is 2.13. The average molecular weight is 271 g/mol. The van der Waals surface area contributed by atoms with E-state index in [1.807, 2.05) is 0 Å². The Hall–Kier alpha value is -1.72. The van der Waals surface area contributed by atoms with Crippen LogP contribution in [0.25, 0.3) is 0 Å². The normalized spacial score (nSPS) is 10.2. The van der Waals surface area contributed by atoms with Crippen molar-refractivity contribution < 1.29 is 4.79 Å². The number of hydrogen-bond acceptors (Lipinski definition) is 3. The molecule has 5 nitrogen and oxygen atoms in total. The SMILES string of the molecule is Nc1cc(C(=O)Nc2c(Cl)cccc2Cl)[nH]n1. The van der Waals surface area contributed by atoms with Crippen LogP contribution in [0.15, 0.2) is 24.3 Å². The largest absolute Gasteiger partial charge is 0.382 e. The Morgan fingerprint density at radius 3 is 2.53 bits per heavy atom. The fourth-order valence-electron chi connectivity index (χ4n) is 1.25. The minimum absolute atomic E-state index is 0.235. The van der Waals surface area contributed by atoms with Crippen LogP contribution in [0.1, 0.15) is 10.5 Å². The summed E-state index contributed by atoms with van der Waals surface area (Å²) < 4.78 is 0. The summed E-state index contributed by atoms with van der Waals surface area (Å²) in [6.45, 7) is 0. The molecular weight excluding hydrogens is 263 g/mol. The molecule has 0 saturated carbocycles. The summed E-state index contributed by atoms with van der Waals surface area (Å²) in [5.74, 6) is -0.176. The van der Waals surface area contributed by atoms with Gasteiger partial charge in [-0.1, -0.05) is 29.3 Å². The van der Waals surface area contributed by atoms with E-state index in [1.165, 1.54) is 6.07 Å². The average Bonchev–Trinajstić information content (AvgIpc) is 2.70. The predicted molar refractivity (Wildman–Crippen MR) is 67.4 cm³/mol. The zero-order valence-electron chi connectivity index (χ0n) is 8.50. The molecule has 0 spiro atoms. The number of rotatable bonds is 2. The van der Waals surface area contributed by atoms with Crippen LogP contribution in [0.5, 0.6) is 0 Å². The molecule has 0 atom stereocenters. The molecule has 17 heavy (non-hydrogen) atoms. The number of aromatic amines is 1. The molecule has 0 aliphatic carbocycles. The van der Waals surface area contributed by atoms with Crippen LogP contribution < -0.4 is 11.1 Å². The summed E-state index contributed by atoms with van der Waals surface area (Å²) in [7, 11) is 0. The Kier molecular flexibility index (Phi) is 3.21. The minimum Gasteiger partial charge on any atom is -0.382 e. The van der Waals surface area contributed by atoms with Crippen LogP contribution >= 0.6 is 23.2 Å². The van der Waals surface area contributed by atoms with Crippen molar-refractivity contribution in [1.82, 2.24) is 10.2 Å². The Morgan fingerprint density at radius 1 is 1.35 bits per heavy atom. The molecule has 1 heterocycles. The van der Waals surface area contributed by atoms with Gasteiger partial charge in [0.2, 0.25) is 0 Å². The van der Waals surface area contributed by atoms with Crippen molar-refractivity contribution in [2.45, 2.75) is 0 Å². The number of nitrogens with zero attached hydrogens (tertiary/aromatic N) is 1. The molecule has 0 unspecified atom stereocenters. The number of carbonyl (C=O) groups is 1. The van der Waals surface area contributed by atoms with E-state index >= 15 is 0 Å². The summed E-state index contributed by atoms with van der Waals surface area (Å²) in [4.78, 5) is 11.8. The lowest BCUT2D eigenvalue weighted by Crippen LogP contribution is -2.13. The molecule has 7 heteroatoms. The van der Waals surface area contributed by atoms with Crippen molar-refractivity contribution in [3.8, 4) is 0 Å². The zero-order chi connectivity index (χ0) is 12.4. The maximum absolute atomic E-state index is 11.8. The molecule has 0 aliphatic rings. The monoisotopic (exact) mass is 270 g/mol. The molecule has 0 aliphatic heterocycles. The molecule has 0 radical (unpaired) electrons. The Balaban J connectivity index is 2.24. The number of H-pyrrole nitrogens is 1. The number of hydrogen-bond donors (Lipinski definition) is 3. The van der Waals surface area contributed by atoms with Crippen LogP contribution in [0.2, 0.25) is 10.0 Å². The minimum atomic E-state index is -0.413. The molecule has 0 saturated heterocycles. The number of nitrogen functional groups attached to an aromatic ring is 1. The highest BCUT2D eigenvalue weighted by Crippen LogP contribution is 2.30. The first kappa shape index (κ1) is 11.8. The maximum atomic E-state index is 11.8. The lowest BCUT2D eigenvalue weighted by molar-refractivity contribution is 0.102. The van der Waals surface area contributed by atoms with Crippen molar-refractivity contribution in [3.63, 3.8) is 0 Å². The third-order valence-electron chi connectivity index (χ3n) is 2.04. The van der Waals surface area contributed by atoms with E-state index in [0.29, 0.717) is 15.7 Å². The summed E-state index contributed by atoms with van der Waals surface area (Å²) in [6.07, 6.45) is 0. The second kappa shape index (κ2) is 4.65. The molecular formula is C10H8Cl2N4O. The number of halogens is 2. The fourth-order valence-corrected chi connectivity index (χ4v) is 1.74. The number of carbonyl (C=O) groups excluding carboxylic acids is 1. The second-order valence-electron chi connectivity index (χ2n) is 3.26. The van der Waals surface area contributed by atoms with Crippen LogP contribution in [-0.2, 0) is 0 Å². The lowest BCUT2D eigenvalue weighted by Gasteiger charge is -2.07. The van der Waals surface area contributed by atoms with Gasteiger partial charge in [0, 0.05) is 6.07 Å². The van der Waals surface area contributed by atoms with Gasteiger partial charge in [0.1, 0.15) is 11.5 Å². The van der Waals surface area contributed by atoms with Gasteiger partial charge in [0.15, 0.2) is 0 Å². The van der Waals surface area contributed by atoms with E-state index in [9.17, 15) is 4.79 Å². The van der Waals surface area contributed by atoms with Gasteiger partial charge in [-0.05, 0) is 12.1 Å². The third kappa shape index (κ3) is 2.51. The molecule has 0 fully saturated rings. The number of nitrogens with two attached hydrogens (primary N) is 1. The Bertz CT molecular complexity index is 547. The molecule has 2 aromatic rings. The molecule has 2 rings (SSSR count). The van der Waals surface area contributed by atoms with E-state index in [0.717, 1.165) is 0 Å².